The Morgan fingerprint density at radius 3 is 2.88 bits per heavy atom. The highest BCUT2D eigenvalue weighted by atomic mass is 35.5. The van der Waals surface area contributed by atoms with E-state index >= 15 is 0 Å². The van der Waals surface area contributed by atoms with Gasteiger partial charge in [-0.3, -0.25) is 4.79 Å². The van der Waals surface area contributed by atoms with E-state index in [9.17, 15) is 4.79 Å². The molecule has 0 saturated carbocycles. The third-order valence-corrected chi connectivity index (χ3v) is 3.76. The molecule has 1 amide bonds. The van der Waals surface area contributed by atoms with Crippen molar-refractivity contribution in [3.63, 3.8) is 0 Å². The molecule has 2 N–H and O–H groups in total. The summed E-state index contributed by atoms with van der Waals surface area (Å²) in [5, 5.41) is 11.8. The number of hydrogen-bond donors (Lipinski definition) is 2. The Morgan fingerprint density at radius 1 is 1.53 bits per heavy atom. The second kappa shape index (κ2) is 7.58. The summed E-state index contributed by atoms with van der Waals surface area (Å²) >= 11 is 7.44. The highest BCUT2D eigenvalue weighted by Crippen LogP contribution is 2.29. The number of aliphatic hydroxyl groups is 1. The van der Waals surface area contributed by atoms with E-state index in [2.05, 4.69) is 5.32 Å². The molecule has 1 unspecified atom stereocenters. The number of carbonyl (C=O) groups excluding carboxylic acids is 1. The van der Waals surface area contributed by atoms with Crippen molar-refractivity contribution in [2.45, 2.75) is 23.5 Å². The van der Waals surface area contributed by atoms with Crippen molar-refractivity contribution in [1.29, 1.82) is 0 Å². The molecule has 0 heterocycles. The molecule has 0 radical (unpaired) electrons. The summed E-state index contributed by atoms with van der Waals surface area (Å²) in [6, 6.07) is 7.45. The number of carbonyl (C=O) groups is 1. The zero-order valence-corrected chi connectivity index (χ0v) is 11.2. The maximum Gasteiger partial charge on any atom is 0.233 e. The van der Waals surface area contributed by atoms with Crippen molar-refractivity contribution in [3.8, 4) is 0 Å². The number of nitrogens with one attached hydrogen (secondary N) is 1. The molecule has 0 saturated heterocycles. The molecule has 0 fully saturated rings. The zero-order valence-electron chi connectivity index (χ0n) is 9.65. The van der Waals surface area contributed by atoms with Gasteiger partial charge in [0, 0.05) is 18.0 Å². The molecule has 1 rings (SSSR count). The average Bonchev–Trinajstić information content (AvgIpc) is 2.32. The highest BCUT2D eigenvalue weighted by Gasteiger charge is 2.14. The highest BCUT2D eigenvalue weighted by molar-refractivity contribution is 8.00. The first-order valence-electron chi connectivity index (χ1n) is 5.45. The Kier molecular flexibility index (Phi) is 6.40. The lowest BCUT2D eigenvalue weighted by atomic mass is 10.4. The Hall–Kier alpha value is -0.710. The molecule has 94 valence electrons. The van der Waals surface area contributed by atoms with Crippen LogP contribution < -0.4 is 5.32 Å². The molecular formula is C12H16ClNO2S. The van der Waals surface area contributed by atoms with Crippen LogP contribution in [-0.2, 0) is 4.79 Å². The Bertz CT molecular complexity index is 373. The predicted octanol–water partition coefficient (Wildman–Crippen LogP) is 2.32. The summed E-state index contributed by atoms with van der Waals surface area (Å²) in [5.41, 5.74) is 0. The van der Waals surface area contributed by atoms with Gasteiger partial charge in [0.25, 0.3) is 0 Å². The lowest BCUT2D eigenvalue weighted by Gasteiger charge is -2.12. The summed E-state index contributed by atoms with van der Waals surface area (Å²) < 4.78 is 0. The van der Waals surface area contributed by atoms with Crippen LogP contribution >= 0.6 is 23.4 Å². The van der Waals surface area contributed by atoms with E-state index in [-0.39, 0.29) is 17.8 Å². The quantitative estimate of drug-likeness (QED) is 0.618. The molecule has 0 spiro atoms. The van der Waals surface area contributed by atoms with Crippen LogP contribution in [0.4, 0.5) is 0 Å². The van der Waals surface area contributed by atoms with Crippen LogP contribution in [0, 0.1) is 0 Å². The molecule has 5 heteroatoms. The van der Waals surface area contributed by atoms with Gasteiger partial charge in [-0.1, -0.05) is 23.7 Å². The minimum Gasteiger partial charge on any atom is -0.396 e. The van der Waals surface area contributed by atoms with Crippen LogP contribution in [0.2, 0.25) is 5.02 Å². The first-order chi connectivity index (χ1) is 8.15. The number of amides is 1. The number of halogens is 1. The van der Waals surface area contributed by atoms with E-state index in [0.29, 0.717) is 18.0 Å². The number of rotatable bonds is 6. The molecule has 0 aliphatic rings. The van der Waals surface area contributed by atoms with Gasteiger partial charge < -0.3 is 10.4 Å². The Balaban J connectivity index is 2.46. The van der Waals surface area contributed by atoms with Crippen LogP contribution in [0.1, 0.15) is 13.3 Å². The summed E-state index contributed by atoms with van der Waals surface area (Å²) in [7, 11) is 0. The van der Waals surface area contributed by atoms with E-state index in [1.807, 2.05) is 25.1 Å². The second-order valence-electron chi connectivity index (χ2n) is 3.56. The maximum absolute atomic E-state index is 11.7. The minimum absolute atomic E-state index is 0.0385. The molecule has 0 aromatic heterocycles. The first kappa shape index (κ1) is 14.4. The fourth-order valence-corrected chi connectivity index (χ4v) is 2.40. The Labute approximate surface area is 111 Å². The summed E-state index contributed by atoms with van der Waals surface area (Å²) in [6.45, 7) is 2.43. The molecule has 0 aliphatic heterocycles. The smallest absolute Gasteiger partial charge is 0.233 e. The monoisotopic (exact) mass is 273 g/mol. The fraction of sp³-hybridized carbons (Fsp3) is 0.417. The summed E-state index contributed by atoms with van der Waals surface area (Å²) in [6.07, 6.45) is 0.579. The molecule has 0 bridgehead atoms. The van der Waals surface area contributed by atoms with Gasteiger partial charge in [0.2, 0.25) is 5.91 Å². The second-order valence-corrected chi connectivity index (χ2v) is 5.35. The zero-order chi connectivity index (χ0) is 12.7. The third-order valence-electron chi connectivity index (χ3n) is 2.14. The van der Waals surface area contributed by atoms with Crippen LogP contribution in [0.15, 0.2) is 29.2 Å². The van der Waals surface area contributed by atoms with Gasteiger partial charge in [0.1, 0.15) is 0 Å². The van der Waals surface area contributed by atoms with Crippen LogP contribution in [0.5, 0.6) is 0 Å². The van der Waals surface area contributed by atoms with Crippen LogP contribution in [-0.4, -0.2) is 29.4 Å². The van der Waals surface area contributed by atoms with Crippen LogP contribution in [0.25, 0.3) is 0 Å². The molecule has 3 nitrogen and oxygen atoms in total. The topological polar surface area (TPSA) is 49.3 Å². The normalized spacial score (nSPS) is 12.2. The lowest BCUT2D eigenvalue weighted by Crippen LogP contribution is -2.31. The maximum atomic E-state index is 11.7. The van der Waals surface area contributed by atoms with Gasteiger partial charge in [0.15, 0.2) is 0 Å². The fourth-order valence-electron chi connectivity index (χ4n) is 1.22. The molecule has 1 aromatic carbocycles. The van der Waals surface area contributed by atoms with E-state index in [1.165, 1.54) is 11.8 Å². The minimum atomic E-state index is -0.200. The lowest BCUT2D eigenvalue weighted by molar-refractivity contribution is -0.120. The number of aliphatic hydroxyl groups excluding tert-OH is 1. The van der Waals surface area contributed by atoms with E-state index in [0.717, 1.165) is 4.90 Å². The van der Waals surface area contributed by atoms with Gasteiger partial charge in [-0.15, -0.1) is 11.8 Å². The van der Waals surface area contributed by atoms with Crippen molar-refractivity contribution in [2.75, 3.05) is 13.2 Å². The molecule has 0 aliphatic carbocycles. The predicted molar refractivity (Wildman–Crippen MR) is 71.5 cm³/mol. The molecule has 1 atom stereocenters. The van der Waals surface area contributed by atoms with Gasteiger partial charge in [-0.2, -0.15) is 0 Å². The SMILES string of the molecule is CC(Sc1ccccc1Cl)C(=O)NCCCO. The van der Waals surface area contributed by atoms with Crippen molar-refractivity contribution in [3.05, 3.63) is 29.3 Å². The molecule has 1 aromatic rings. The van der Waals surface area contributed by atoms with Crippen LogP contribution in [0.3, 0.4) is 0 Å². The van der Waals surface area contributed by atoms with E-state index in [1.54, 1.807) is 6.07 Å². The van der Waals surface area contributed by atoms with Crippen molar-refractivity contribution >= 4 is 29.3 Å². The van der Waals surface area contributed by atoms with Gasteiger partial charge >= 0.3 is 0 Å². The third kappa shape index (κ3) is 4.98. The van der Waals surface area contributed by atoms with Gasteiger partial charge in [-0.25, -0.2) is 0 Å². The van der Waals surface area contributed by atoms with E-state index in [4.69, 9.17) is 16.7 Å². The van der Waals surface area contributed by atoms with Crippen molar-refractivity contribution in [2.24, 2.45) is 0 Å². The number of hydrogen-bond acceptors (Lipinski definition) is 3. The van der Waals surface area contributed by atoms with Gasteiger partial charge in [0.05, 0.1) is 10.3 Å². The standard InChI is InChI=1S/C12H16ClNO2S/c1-9(12(16)14-7-4-8-15)17-11-6-3-2-5-10(11)13/h2-3,5-6,9,15H,4,7-8H2,1H3,(H,14,16). The van der Waals surface area contributed by atoms with Crippen molar-refractivity contribution in [1.82, 2.24) is 5.32 Å². The van der Waals surface area contributed by atoms with Crippen molar-refractivity contribution < 1.29 is 9.90 Å². The Morgan fingerprint density at radius 2 is 2.24 bits per heavy atom. The summed E-state index contributed by atoms with van der Waals surface area (Å²) in [4.78, 5) is 12.6. The molecular weight excluding hydrogens is 258 g/mol. The number of benzene rings is 1. The van der Waals surface area contributed by atoms with E-state index < -0.39 is 0 Å². The first-order valence-corrected chi connectivity index (χ1v) is 6.70. The molecule has 17 heavy (non-hydrogen) atoms. The summed E-state index contributed by atoms with van der Waals surface area (Å²) in [5.74, 6) is -0.0385. The van der Waals surface area contributed by atoms with Gasteiger partial charge in [-0.05, 0) is 25.5 Å². The average molecular weight is 274 g/mol. The largest absolute Gasteiger partial charge is 0.396 e. The number of thioether (sulfide) groups is 1.